The van der Waals surface area contributed by atoms with Gasteiger partial charge in [0.05, 0.1) is 6.20 Å². The molecular formula is C13H21F2N3. The predicted molar refractivity (Wildman–Crippen MR) is 66.5 cm³/mol. The molecule has 0 amide bonds. The van der Waals surface area contributed by atoms with E-state index in [1.807, 2.05) is 12.4 Å². The number of alkyl halides is 2. The smallest absolute Gasteiger partial charge is 0.248 e. The highest BCUT2D eigenvalue weighted by molar-refractivity contribution is 5.03. The molecule has 0 saturated heterocycles. The summed E-state index contributed by atoms with van der Waals surface area (Å²) in [4.78, 5) is 0. The zero-order valence-electron chi connectivity index (χ0n) is 10.8. The SMILES string of the molecule is CCNCc1cnn(CC2CCCC(F)(F)C2)c1. The van der Waals surface area contributed by atoms with Gasteiger partial charge in [0.15, 0.2) is 0 Å². The summed E-state index contributed by atoms with van der Waals surface area (Å²) in [6.45, 7) is 4.37. The topological polar surface area (TPSA) is 29.9 Å². The number of nitrogens with zero attached hydrogens (tertiary/aromatic N) is 2. The van der Waals surface area contributed by atoms with Crippen LogP contribution >= 0.6 is 0 Å². The first-order valence-electron chi connectivity index (χ1n) is 6.69. The van der Waals surface area contributed by atoms with E-state index in [2.05, 4.69) is 17.3 Å². The van der Waals surface area contributed by atoms with Crippen LogP contribution in [0.25, 0.3) is 0 Å². The Morgan fingerprint density at radius 2 is 2.39 bits per heavy atom. The van der Waals surface area contributed by atoms with Gasteiger partial charge in [0.2, 0.25) is 5.92 Å². The Morgan fingerprint density at radius 1 is 1.56 bits per heavy atom. The molecule has 1 aliphatic rings. The van der Waals surface area contributed by atoms with Crippen molar-refractivity contribution in [1.82, 2.24) is 15.1 Å². The fraction of sp³-hybridized carbons (Fsp3) is 0.769. The molecule has 102 valence electrons. The molecule has 0 aromatic carbocycles. The van der Waals surface area contributed by atoms with Crippen molar-refractivity contribution in [2.45, 2.75) is 51.6 Å². The highest BCUT2D eigenvalue weighted by atomic mass is 19.3. The standard InChI is InChI=1S/C13H21F2N3/c1-2-16-7-12-8-17-18(10-12)9-11-4-3-5-13(14,15)6-11/h8,10-11,16H,2-7,9H2,1H3. The van der Waals surface area contributed by atoms with Gasteiger partial charge in [-0.2, -0.15) is 5.10 Å². The van der Waals surface area contributed by atoms with E-state index in [1.165, 1.54) is 0 Å². The van der Waals surface area contributed by atoms with Crippen molar-refractivity contribution in [3.63, 3.8) is 0 Å². The number of halogens is 2. The lowest BCUT2D eigenvalue weighted by atomic mass is 9.86. The Hall–Kier alpha value is -0.970. The van der Waals surface area contributed by atoms with E-state index >= 15 is 0 Å². The summed E-state index contributed by atoms with van der Waals surface area (Å²) in [6.07, 6.45) is 5.34. The molecule has 0 bridgehead atoms. The summed E-state index contributed by atoms with van der Waals surface area (Å²) in [5, 5.41) is 7.46. The second-order valence-corrected chi connectivity index (χ2v) is 5.17. The van der Waals surface area contributed by atoms with Crippen molar-refractivity contribution in [2.75, 3.05) is 6.54 Å². The van der Waals surface area contributed by atoms with Crippen LogP contribution in [0, 0.1) is 5.92 Å². The van der Waals surface area contributed by atoms with Crippen molar-refractivity contribution in [1.29, 1.82) is 0 Å². The second-order valence-electron chi connectivity index (χ2n) is 5.17. The average molecular weight is 257 g/mol. The van der Waals surface area contributed by atoms with Gasteiger partial charge in [-0.25, -0.2) is 8.78 Å². The Bertz CT molecular complexity index is 376. The summed E-state index contributed by atoms with van der Waals surface area (Å²) in [6, 6.07) is 0. The normalized spacial score (nSPS) is 23.2. The van der Waals surface area contributed by atoms with Crippen LogP contribution in [0.3, 0.4) is 0 Å². The van der Waals surface area contributed by atoms with Crippen molar-refractivity contribution in [2.24, 2.45) is 5.92 Å². The Balaban J connectivity index is 1.87. The van der Waals surface area contributed by atoms with Crippen LogP contribution in [0.4, 0.5) is 8.78 Å². The minimum atomic E-state index is -2.47. The third kappa shape index (κ3) is 3.77. The summed E-state index contributed by atoms with van der Waals surface area (Å²) in [5.74, 6) is -2.41. The molecule has 1 heterocycles. The Kier molecular flexibility index (Phi) is 4.32. The van der Waals surface area contributed by atoms with Gasteiger partial charge in [0.1, 0.15) is 0 Å². The van der Waals surface area contributed by atoms with Crippen molar-refractivity contribution >= 4 is 0 Å². The molecule has 1 saturated carbocycles. The molecule has 1 unspecified atom stereocenters. The van der Waals surface area contributed by atoms with E-state index in [4.69, 9.17) is 0 Å². The molecule has 0 radical (unpaired) electrons. The van der Waals surface area contributed by atoms with Crippen LogP contribution in [0.1, 0.15) is 38.2 Å². The first-order chi connectivity index (χ1) is 8.59. The van der Waals surface area contributed by atoms with Crippen LogP contribution in [0.2, 0.25) is 0 Å². The van der Waals surface area contributed by atoms with Gasteiger partial charge in [0.25, 0.3) is 0 Å². The summed E-state index contributed by atoms with van der Waals surface area (Å²) in [7, 11) is 0. The van der Waals surface area contributed by atoms with Gasteiger partial charge < -0.3 is 5.32 Å². The molecule has 2 rings (SSSR count). The summed E-state index contributed by atoms with van der Waals surface area (Å²) < 4.78 is 28.4. The highest BCUT2D eigenvalue weighted by Gasteiger charge is 2.36. The lowest BCUT2D eigenvalue weighted by Gasteiger charge is -2.28. The Morgan fingerprint density at radius 3 is 3.11 bits per heavy atom. The number of nitrogens with one attached hydrogen (secondary N) is 1. The fourth-order valence-corrected chi connectivity index (χ4v) is 2.56. The molecular weight excluding hydrogens is 236 g/mol. The largest absolute Gasteiger partial charge is 0.313 e. The van der Waals surface area contributed by atoms with Crippen molar-refractivity contribution in [3.05, 3.63) is 18.0 Å². The first kappa shape index (κ1) is 13.5. The number of aromatic nitrogens is 2. The van der Waals surface area contributed by atoms with E-state index in [1.54, 1.807) is 4.68 Å². The minimum Gasteiger partial charge on any atom is -0.313 e. The molecule has 0 aliphatic heterocycles. The van der Waals surface area contributed by atoms with Gasteiger partial charge in [-0.05, 0) is 25.3 Å². The quantitative estimate of drug-likeness (QED) is 0.879. The molecule has 1 aliphatic carbocycles. The van der Waals surface area contributed by atoms with Crippen LogP contribution in [-0.2, 0) is 13.1 Å². The fourth-order valence-electron chi connectivity index (χ4n) is 2.56. The first-order valence-corrected chi connectivity index (χ1v) is 6.69. The maximum Gasteiger partial charge on any atom is 0.248 e. The van der Waals surface area contributed by atoms with Gasteiger partial charge >= 0.3 is 0 Å². The second kappa shape index (κ2) is 5.78. The molecule has 5 heteroatoms. The van der Waals surface area contributed by atoms with Crippen molar-refractivity contribution in [3.8, 4) is 0 Å². The molecule has 0 spiro atoms. The number of rotatable bonds is 5. The summed E-state index contributed by atoms with van der Waals surface area (Å²) in [5.41, 5.74) is 1.11. The highest BCUT2D eigenvalue weighted by Crippen LogP contribution is 2.37. The third-order valence-corrected chi connectivity index (χ3v) is 3.45. The van der Waals surface area contributed by atoms with Gasteiger partial charge in [-0.15, -0.1) is 0 Å². The molecule has 1 aromatic rings. The number of hydrogen-bond donors (Lipinski definition) is 1. The van der Waals surface area contributed by atoms with Crippen LogP contribution in [-0.4, -0.2) is 22.2 Å². The van der Waals surface area contributed by atoms with E-state index in [0.717, 1.165) is 25.1 Å². The van der Waals surface area contributed by atoms with Crippen LogP contribution in [0.15, 0.2) is 12.4 Å². The lowest BCUT2D eigenvalue weighted by molar-refractivity contribution is -0.0551. The monoisotopic (exact) mass is 257 g/mol. The maximum absolute atomic E-state index is 13.3. The average Bonchev–Trinajstić information content (AvgIpc) is 2.73. The van der Waals surface area contributed by atoms with E-state index in [-0.39, 0.29) is 18.8 Å². The zero-order chi connectivity index (χ0) is 13.0. The zero-order valence-corrected chi connectivity index (χ0v) is 10.8. The molecule has 1 N–H and O–H groups in total. The number of hydrogen-bond acceptors (Lipinski definition) is 2. The maximum atomic E-state index is 13.3. The minimum absolute atomic E-state index is 0.00933. The van der Waals surface area contributed by atoms with Gasteiger partial charge in [-0.1, -0.05) is 6.92 Å². The lowest BCUT2D eigenvalue weighted by Crippen LogP contribution is -2.28. The molecule has 1 atom stereocenters. The van der Waals surface area contributed by atoms with E-state index < -0.39 is 5.92 Å². The molecule has 18 heavy (non-hydrogen) atoms. The van der Waals surface area contributed by atoms with Crippen LogP contribution < -0.4 is 5.32 Å². The van der Waals surface area contributed by atoms with Gasteiger partial charge in [0, 0.05) is 37.7 Å². The van der Waals surface area contributed by atoms with Gasteiger partial charge in [-0.3, -0.25) is 4.68 Å². The van der Waals surface area contributed by atoms with Crippen molar-refractivity contribution < 1.29 is 8.78 Å². The third-order valence-electron chi connectivity index (χ3n) is 3.45. The van der Waals surface area contributed by atoms with Crippen LogP contribution in [0.5, 0.6) is 0 Å². The molecule has 3 nitrogen and oxygen atoms in total. The van der Waals surface area contributed by atoms with E-state index in [9.17, 15) is 8.78 Å². The Labute approximate surface area is 107 Å². The molecule has 1 aromatic heterocycles. The summed E-state index contributed by atoms with van der Waals surface area (Å²) >= 11 is 0. The van der Waals surface area contributed by atoms with E-state index in [0.29, 0.717) is 13.0 Å². The molecule has 1 fully saturated rings. The predicted octanol–water partition coefficient (Wildman–Crippen LogP) is 2.82.